The van der Waals surface area contributed by atoms with E-state index in [2.05, 4.69) is 40.0 Å². The minimum Gasteiger partial charge on any atom is -0.355 e. The van der Waals surface area contributed by atoms with Gasteiger partial charge in [-0.1, -0.05) is 18.5 Å². The fourth-order valence-corrected chi connectivity index (χ4v) is 3.84. The summed E-state index contributed by atoms with van der Waals surface area (Å²) in [6.07, 6.45) is 5.64. The molecule has 1 saturated carbocycles. The molecular weight excluding hydrogens is 290 g/mol. The Kier molecular flexibility index (Phi) is 4.74. The van der Waals surface area contributed by atoms with E-state index in [-0.39, 0.29) is 0 Å². The zero-order valence-electron chi connectivity index (χ0n) is 11.9. The summed E-state index contributed by atoms with van der Waals surface area (Å²) >= 11 is 8.35. The first-order chi connectivity index (χ1) is 9.76. The number of hydrogen-bond acceptors (Lipinski definition) is 4. The molecule has 2 aliphatic rings. The van der Waals surface area contributed by atoms with Crippen LogP contribution < -0.4 is 10.2 Å². The van der Waals surface area contributed by atoms with E-state index in [1.165, 1.54) is 30.6 Å². The van der Waals surface area contributed by atoms with Crippen molar-refractivity contribution >= 4 is 29.2 Å². The van der Waals surface area contributed by atoms with Gasteiger partial charge < -0.3 is 10.2 Å². The summed E-state index contributed by atoms with van der Waals surface area (Å²) in [5, 5.41) is 5.04. The average Bonchev–Trinajstić information content (AvgIpc) is 3.31. The zero-order chi connectivity index (χ0) is 13.9. The van der Waals surface area contributed by atoms with E-state index in [0.717, 1.165) is 35.7 Å². The monoisotopic (exact) mass is 311 g/mol. The molecule has 1 N–H and O–H groups in total. The maximum atomic E-state index is 6.27. The molecule has 5 heteroatoms. The van der Waals surface area contributed by atoms with Crippen LogP contribution in [-0.2, 0) is 6.54 Å². The summed E-state index contributed by atoms with van der Waals surface area (Å²) in [6.45, 7) is 5.32. The largest absolute Gasteiger partial charge is 0.355 e. The minimum atomic E-state index is 0.707. The summed E-state index contributed by atoms with van der Waals surface area (Å²) < 4.78 is 0. The molecule has 3 nitrogen and oxygen atoms in total. The van der Waals surface area contributed by atoms with Crippen LogP contribution in [0.2, 0.25) is 5.02 Å². The fraction of sp³-hybridized carbons (Fsp3) is 0.667. The lowest BCUT2D eigenvalue weighted by molar-refractivity contribution is 0.684. The lowest BCUT2D eigenvalue weighted by Crippen LogP contribution is -2.38. The number of thioether (sulfide) groups is 1. The van der Waals surface area contributed by atoms with Gasteiger partial charge in [0.25, 0.3) is 0 Å². The third-order valence-electron chi connectivity index (χ3n) is 4.00. The van der Waals surface area contributed by atoms with Crippen LogP contribution in [0, 0.1) is 0 Å². The standard InChI is InChI=1S/C15H22ClN3S/c1-2-13-10-19(5-6-20-13)15-7-11(14(16)9-18-15)8-17-12-3-4-12/h7,9,12-13,17H,2-6,8,10H2,1H3. The lowest BCUT2D eigenvalue weighted by atomic mass is 10.2. The van der Waals surface area contributed by atoms with E-state index >= 15 is 0 Å². The van der Waals surface area contributed by atoms with Gasteiger partial charge in [-0.3, -0.25) is 0 Å². The highest BCUT2D eigenvalue weighted by Gasteiger charge is 2.22. The van der Waals surface area contributed by atoms with Gasteiger partial charge in [0.05, 0.1) is 5.02 Å². The molecule has 1 unspecified atom stereocenters. The van der Waals surface area contributed by atoms with Gasteiger partial charge in [-0.25, -0.2) is 4.98 Å². The van der Waals surface area contributed by atoms with Crippen molar-refractivity contribution in [2.75, 3.05) is 23.7 Å². The van der Waals surface area contributed by atoms with Crippen molar-refractivity contribution in [3.05, 3.63) is 22.8 Å². The van der Waals surface area contributed by atoms with Crippen molar-refractivity contribution in [3.63, 3.8) is 0 Å². The predicted molar refractivity (Wildman–Crippen MR) is 87.9 cm³/mol. The normalized spacial score (nSPS) is 23.1. The number of nitrogens with zero attached hydrogens (tertiary/aromatic N) is 2. The van der Waals surface area contributed by atoms with Crippen LogP contribution in [0.4, 0.5) is 5.82 Å². The molecule has 1 saturated heterocycles. The molecule has 1 aromatic heterocycles. The van der Waals surface area contributed by atoms with E-state index < -0.39 is 0 Å². The first-order valence-electron chi connectivity index (χ1n) is 7.50. The van der Waals surface area contributed by atoms with Crippen LogP contribution in [0.15, 0.2) is 12.3 Å². The molecule has 1 aliphatic carbocycles. The Bertz CT molecular complexity index is 464. The molecule has 1 atom stereocenters. The third kappa shape index (κ3) is 3.60. The topological polar surface area (TPSA) is 28.2 Å². The van der Waals surface area contributed by atoms with Crippen LogP contribution in [0.25, 0.3) is 0 Å². The van der Waals surface area contributed by atoms with Gasteiger partial charge in [0.2, 0.25) is 0 Å². The van der Waals surface area contributed by atoms with E-state index in [1.807, 2.05) is 6.20 Å². The Morgan fingerprint density at radius 2 is 2.35 bits per heavy atom. The quantitative estimate of drug-likeness (QED) is 0.903. The maximum Gasteiger partial charge on any atom is 0.128 e. The predicted octanol–water partition coefficient (Wildman–Crippen LogP) is 3.32. The van der Waals surface area contributed by atoms with E-state index in [1.54, 1.807) is 0 Å². The van der Waals surface area contributed by atoms with Gasteiger partial charge in [0, 0.05) is 42.9 Å². The van der Waals surface area contributed by atoms with E-state index in [0.29, 0.717) is 6.04 Å². The van der Waals surface area contributed by atoms with Crippen molar-refractivity contribution in [3.8, 4) is 0 Å². The summed E-state index contributed by atoms with van der Waals surface area (Å²) in [5.41, 5.74) is 1.18. The highest BCUT2D eigenvalue weighted by Crippen LogP contribution is 2.27. The number of halogens is 1. The summed E-state index contributed by atoms with van der Waals surface area (Å²) in [7, 11) is 0. The molecule has 1 aromatic rings. The molecule has 110 valence electrons. The van der Waals surface area contributed by atoms with Crippen molar-refractivity contribution in [1.82, 2.24) is 10.3 Å². The highest BCUT2D eigenvalue weighted by molar-refractivity contribution is 8.00. The number of aromatic nitrogens is 1. The Morgan fingerprint density at radius 1 is 1.50 bits per heavy atom. The molecule has 0 radical (unpaired) electrons. The molecule has 0 spiro atoms. The number of hydrogen-bond donors (Lipinski definition) is 1. The van der Waals surface area contributed by atoms with Crippen LogP contribution in [0.1, 0.15) is 31.7 Å². The second kappa shape index (κ2) is 6.54. The van der Waals surface area contributed by atoms with Crippen LogP contribution in [0.5, 0.6) is 0 Å². The number of rotatable bonds is 5. The molecule has 20 heavy (non-hydrogen) atoms. The number of nitrogens with one attached hydrogen (secondary N) is 1. The molecule has 2 fully saturated rings. The van der Waals surface area contributed by atoms with E-state index in [9.17, 15) is 0 Å². The molecule has 1 aliphatic heterocycles. The summed E-state index contributed by atoms with van der Waals surface area (Å²) in [6, 6.07) is 2.87. The molecule has 0 aromatic carbocycles. The SMILES string of the molecule is CCC1CN(c2cc(CNC3CC3)c(Cl)cn2)CCS1. The first kappa shape index (κ1) is 14.5. The third-order valence-corrected chi connectivity index (χ3v) is 5.71. The van der Waals surface area contributed by atoms with Crippen molar-refractivity contribution in [2.45, 2.75) is 44.0 Å². The molecule has 3 rings (SSSR count). The van der Waals surface area contributed by atoms with E-state index in [4.69, 9.17) is 11.6 Å². The van der Waals surface area contributed by atoms with Crippen LogP contribution >= 0.6 is 23.4 Å². The van der Waals surface area contributed by atoms with Gasteiger partial charge in [-0.05, 0) is 30.9 Å². The van der Waals surface area contributed by atoms with Crippen molar-refractivity contribution in [2.24, 2.45) is 0 Å². The molecule has 0 amide bonds. The highest BCUT2D eigenvalue weighted by atomic mass is 35.5. The molecular formula is C15H22ClN3S. The van der Waals surface area contributed by atoms with Crippen LogP contribution in [-0.4, -0.2) is 35.1 Å². The van der Waals surface area contributed by atoms with Crippen molar-refractivity contribution < 1.29 is 0 Å². The lowest BCUT2D eigenvalue weighted by Gasteiger charge is -2.33. The zero-order valence-corrected chi connectivity index (χ0v) is 13.5. The number of pyridine rings is 1. The smallest absolute Gasteiger partial charge is 0.128 e. The second-order valence-corrected chi connectivity index (χ2v) is 7.45. The van der Waals surface area contributed by atoms with Gasteiger partial charge >= 0.3 is 0 Å². The van der Waals surface area contributed by atoms with Crippen LogP contribution in [0.3, 0.4) is 0 Å². The Hall–Kier alpha value is -0.450. The summed E-state index contributed by atoms with van der Waals surface area (Å²) in [4.78, 5) is 6.94. The average molecular weight is 312 g/mol. The fourth-order valence-electron chi connectivity index (χ4n) is 2.49. The summed E-state index contributed by atoms with van der Waals surface area (Å²) in [5.74, 6) is 2.28. The van der Waals surface area contributed by atoms with Gasteiger partial charge in [0.15, 0.2) is 0 Å². The minimum absolute atomic E-state index is 0.707. The Labute approximate surface area is 130 Å². The maximum absolute atomic E-state index is 6.27. The molecule has 0 bridgehead atoms. The molecule has 2 heterocycles. The number of anilines is 1. The Morgan fingerprint density at radius 3 is 3.10 bits per heavy atom. The second-order valence-electron chi connectivity index (χ2n) is 5.64. The van der Waals surface area contributed by atoms with Gasteiger partial charge in [0.1, 0.15) is 5.82 Å². The van der Waals surface area contributed by atoms with Gasteiger partial charge in [-0.15, -0.1) is 0 Å². The van der Waals surface area contributed by atoms with Gasteiger partial charge in [-0.2, -0.15) is 11.8 Å². The Balaban J connectivity index is 1.70. The van der Waals surface area contributed by atoms with Crippen molar-refractivity contribution in [1.29, 1.82) is 0 Å². The first-order valence-corrected chi connectivity index (χ1v) is 8.93.